The molecule has 3 saturated heterocycles. The highest BCUT2D eigenvalue weighted by molar-refractivity contribution is 8.00. The number of ether oxygens (including phenoxy) is 7. The zero-order chi connectivity index (χ0) is 37.1. The van der Waals surface area contributed by atoms with Crippen LogP contribution in [0.4, 0.5) is 4.79 Å². The molecule has 0 spiro atoms. The molecule has 15 heteroatoms. The number of rotatable bonds is 16. The summed E-state index contributed by atoms with van der Waals surface area (Å²) in [6, 6.07) is 7.69. The van der Waals surface area contributed by atoms with Gasteiger partial charge in [-0.05, 0) is 61.1 Å². The summed E-state index contributed by atoms with van der Waals surface area (Å²) < 4.78 is 40.1. The quantitative estimate of drug-likeness (QED) is 0.126. The van der Waals surface area contributed by atoms with E-state index < -0.39 is 23.9 Å². The summed E-state index contributed by atoms with van der Waals surface area (Å²) in [5, 5.41) is 9.35. The third-order valence-electron chi connectivity index (χ3n) is 10.9. The van der Waals surface area contributed by atoms with Crippen molar-refractivity contribution in [3.05, 3.63) is 41.0 Å². The second-order valence-corrected chi connectivity index (χ2v) is 15.3. The Hall–Kier alpha value is -4.53. The Morgan fingerprint density at radius 2 is 1.60 bits per heavy atom. The van der Waals surface area contributed by atoms with Gasteiger partial charge in [0, 0.05) is 47.8 Å². The fourth-order valence-electron chi connectivity index (χ4n) is 8.31. The molecule has 1 aliphatic carbocycles. The molecule has 0 unspecified atom stereocenters. The number of amides is 3. The van der Waals surface area contributed by atoms with Gasteiger partial charge in [0.05, 0.1) is 45.9 Å². The lowest BCUT2D eigenvalue weighted by molar-refractivity contribution is -0.154. The van der Waals surface area contributed by atoms with Gasteiger partial charge in [0.2, 0.25) is 18.4 Å². The first-order chi connectivity index (χ1) is 25.8. The Kier molecular flexibility index (Phi) is 11.3. The molecule has 2 aromatic carbocycles. The molecule has 4 heterocycles. The Balaban J connectivity index is 0.930. The lowest BCUT2D eigenvalue weighted by Gasteiger charge is -2.38. The summed E-state index contributed by atoms with van der Waals surface area (Å²) in [5.41, 5.74) is 2.25. The van der Waals surface area contributed by atoms with Crippen LogP contribution in [0.5, 0.6) is 28.7 Å². The molecule has 7 rings (SSSR count). The average Bonchev–Trinajstić information content (AvgIpc) is 3.95. The molecule has 0 bridgehead atoms. The van der Waals surface area contributed by atoms with Gasteiger partial charge in [-0.25, -0.2) is 4.79 Å². The van der Waals surface area contributed by atoms with Gasteiger partial charge in [-0.2, -0.15) is 11.8 Å². The Morgan fingerprint density at radius 1 is 0.868 bits per heavy atom. The van der Waals surface area contributed by atoms with Crippen LogP contribution in [0.1, 0.15) is 80.1 Å². The van der Waals surface area contributed by atoms with Gasteiger partial charge < -0.3 is 49.1 Å². The molecule has 3 fully saturated rings. The zero-order valence-corrected chi connectivity index (χ0v) is 31.1. The van der Waals surface area contributed by atoms with Gasteiger partial charge in [-0.3, -0.25) is 14.4 Å². The molecular formula is C38H47N3O11S. The van der Waals surface area contributed by atoms with Crippen molar-refractivity contribution in [1.29, 1.82) is 0 Å². The molecule has 7 atom stereocenters. The number of fused-ring (bicyclic) bond motifs is 4. The molecule has 2 aromatic rings. The minimum Gasteiger partial charge on any atom is -0.493 e. The number of cyclic esters (lactones) is 1. The summed E-state index contributed by atoms with van der Waals surface area (Å²) in [7, 11) is 4.61. The van der Waals surface area contributed by atoms with E-state index in [0.717, 1.165) is 54.5 Å². The number of thioether (sulfide) groups is 1. The van der Waals surface area contributed by atoms with Crippen LogP contribution in [0, 0.1) is 11.8 Å². The maximum Gasteiger partial charge on any atom is 0.315 e. The topological polar surface area (TPSA) is 169 Å². The minimum absolute atomic E-state index is 0.0294. The lowest BCUT2D eigenvalue weighted by Crippen LogP contribution is -2.36. The Labute approximate surface area is 312 Å². The van der Waals surface area contributed by atoms with Gasteiger partial charge >= 0.3 is 18.0 Å². The van der Waals surface area contributed by atoms with Gasteiger partial charge in [0.15, 0.2) is 23.0 Å². The third kappa shape index (κ3) is 7.62. The first-order valence-corrected chi connectivity index (χ1v) is 19.4. The van der Waals surface area contributed by atoms with Crippen LogP contribution in [0.25, 0.3) is 0 Å². The smallest absolute Gasteiger partial charge is 0.315 e. The third-order valence-corrected chi connectivity index (χ3v) is 12.4. The summed E-state index contributed by atoms with van der Waals surface area (Å²) in [4.78, 5) is 50.7. The van der Waals surface area contributed by atoms with E-state index >= 15 is 0 Å². The standard InChI is InChI=1S/C38H47N3O11S/c1-46-27-13-20(14-28(47-2)36(27)48-3)32-21-15-25-26(51-19-50-25)16-22(21)35(23-17-49-37(44)33(23)32)52-31(43)11-5-4-8-12-39-30(42)10-7-6-9-29-34-24(18-53-29)40-38(45)41-34/h13-16,23-24,29,32-35H,4-12,17-19H2,1-3H3,(H,39,42)(H2,40,41,45)/t23-,24+,29-,32+,33+,34+,35+/m0/s1. The van der Waals surface area contributed by atoms with Crippen LogP contribution in [-0.4, -0.2) is 88.2 Å². The van der Waals surface area contributed by atoms with Crippen molar-refractivity contribution in [1.82, 2.24) is 16.0 Å². The number of benzene rings is 2. The summed E-state index contributed by atoms with van der Waals surface area (Å²) in [6.07, 6.45) is 4.75. The highest BCUT2D eigenvalue weighted by Crippen LogP contribution is 2.56. The van der Waals surface area contributed by atoms with Crippen LogP contribution in [-0.2, 0) is 23.9 Å². The van der Waals surface area contributed by atoms with E-state index in [1.807, 2.05) is 36.0 Å². The summed E-state index contributed by atoms with van der Waals surface area (Å²) in [6.45, 7) is 0.710. The van der Waals surface area contributed by atoms with Crippen LogP contribution in [0.3, 0.4) is 0 Å². The molecule has 3 amide bonds. The molecule has 0 saturated carbocycles. The molecule has 3 N–H and O–H groups in total. The fourth-order valence-corrected chi connectivity index (χ4v) is 9.85. The number of urea groups is 1. The SMILES string of the molecule is COc1cc([C@@H]2c3cc4c(cc3[C@@H](OC(=O)CCCCCNC(=O)CCCC[C@@H]3SC[C@H]5NC(=O)N[C@@H]35)[C@H]3COC(=O)[C@@H]23)OCO4)cc(OC)c1OC. The summed E-state index contributed by atoms with van der Waals surface area (Å²) in [5.74, 6) is 1.08. The first-order valence-electron chi connectivity index (χ1n) is 18.3. The van der Waals surface area contributed by atoms with E-state index in [-0.39, 0.29) is 55.8 Å². The maximum atomic E-state index is 13.4. The molecule has 286 valence electrons. The molecule has 0 radical (unpaired) electrons. The Bertz CT molecular complexity index is 1700. The monoisotopic (exact) mass is 753 g/mol. The van der Waals surface area contributed by atoms with E-state index in [2.05, 4.69) is 16.0 Å². The number of nitrogens with one attached hydrogen (secondary N) is 3. The molecule has 14 nitrogen and oxygen atoms in total. The van der Waals surface area contributed by atoms with Gasteiger partial charge in [0.1, 0.15) is 6.10 Å². The fraction of sp³-hybridized carbons (Fsp3) is 0.579. The van der Waals surface area contributed by atoms with Gasteiger partial charge in [-0.1, -0.05) is 12.8 Å². The van der Waals surface area contributed by atoms with Crippen molar-refractivity contribution in [3.8, 4) is 28.7 Å². The lowest BCUT2D eigenvalue weighted by atomic mass is 9.66. The van der Waals surface area contributed by atoms with Crippen LogP contribution >= 0.6 is 11.8 Å². The zero-order valence-electron chi connectivity index (χ0n) is 30.2. The van der Waals surface area contributed by atoms with E-state index in [9.17, 15) is 19.2 Å². The van der Waals surface area contributed by atoms with E-state index in [0.29, 0.717) is 53.4 Å². The number of hydrogen-bond donors (Lipinski definition) is 3. The second-order valence-electron chi connectivity index (χ2n) is 14.0. The maximum absolute atomic E-state index is 13.4. The number of carbonyl (C=O) groups is 4. The van der Waals surface area contributed by atoms with Crippen molar-refractivity contribution in [2.45, 2.75) is 80.7 Å². The largest absolute Gasteiger partial charge is 0.493 e. The number of carbonyl (C=O) groups excluding carboxylic acids is 4. The van der Waals surface area contributed by atoms with E-state index in [1.54, 1.807) is 0 Å². The molecule has 5 aliphatic rings. The number of esters is 2. The highest BCUT2D eigenvalue weighted by Gasteiger charge is 2.54. The van der Waals surface area contributed by atoms with Crippen molar-refractivity contribution in [3.63, 3.8) is 0 Å². The number of hydrogen-bond acceptors (Lipinski definition) is 12. The molecule has 4 aliphatic heterocycles. The predicted octanol–water partition coefficient (Wildman–Crippen LogP) is 4.36. The van der Waals surface area contributed by atoms with Crippen molar-refractivity contribution >= 4 is 35.6 Å². The number of unbranched alkanes of at least 4 members (excludes halogenated alkanes) is 3. The molecular weight excluding hydrogens is 706 g/mol. The molecule has 0 aromatic heterocycles. The van der Waals surface area contributed by atoms with Gasteiger partial charge in [0.25, 0.3) is 0 Å². The first kappa shape index (κ1) is 36.8. The highest BCUT2D eigenvalue weighted by atomic mass is 32.2. The van der Waals surface area contributed by atoms with Crippen LogP contribution in [0.2, 0.25) is 0 Å². The van der Waals surface area contributed by atoms with Crippen LogP contribution in [0.15, 0.2) is 24.3 Å². The Morgan fingerprint density at radius 3 is 2.34 bits per heavy atom. The van der Waals surface area contributed by atoms with Crippen molar-refractivity contribution in [2.75, 3.05) is 47.0 Å². The predicted molar refractivity (Wildman–Crippen MR) is 193 cm³/mol. The normalized spacial score (nSPS) is 26.1. The van der Waals surface area contributed by atoms with Gasteiger partial charge in [-0.15, -0.1) is 0 Å². The average molecular weight is 754 g/mol. The van der Waals surface area contributed by atoms with E-state index in [4.69, 9.17) is 33.2 Å². The molecule has 53 heavy (non-hydrogen) atoms. The van der Waals surface area contributed by atoms with E-state index in [1.165, 1.54) is 21.3 Å². The van der Waals surface area contributed by atoms with Crippen LogP contribution < -0.4 is 39.6 Å². The minimum atomic E-state index is -0.733. The number of methoxy groups -OCH3 is 3. The van der Waals surface area contributed by atoms with Crippen molar-refractivity contribution in [2.24, 2.45) is 11.8 Å². The summed E-state index contributed by atoms with van der Waals surface area (Å²) >= 11 is 1.89. The second kappa shape index (κ2) is 16.2. The van der Waals surface area contributed by atoms with Crippen molar-refractivity contribution < 1.29 is 52.3 Å².